The maximum absolute atomic E-state index is 6.83. The SMILES string of the molecule is c1ccc(-c2ccc3c(c2)c2ccc4c5ccccc5oc4c2n3-c2ccc(-c3nc(-c4ccccc4)nc(-c4ccccc4)n3)cc2)cc1.c1ccc(-c2nc(-c3ccccc3)nc(-c3ccc(-n4c5ccc([Si](c6ccccc6)(c6ccccc6)c6ccccc6)cc5c5ccc6c7ccccc7oc6c54)cc3)n2)cc1. The van der Waals surface area contributed by atoms with Crippen LogP contribution in [0.5, 0.6) is 0 Å². The number of hydrogen-bond acceptors (Lipinski definition) is 8. The van der Waals surface area contributed by atoms with Crippen LogP contribution in [-0.4, -0.2) is 47.1 Å². The minimum absolute atomic E-state index is 0.616. The molecule has 0 N–H and O–H groups in total. The smallest absolute Gasteiger partial charge is 0.179 e. The number of aromatic nitrogens is 8. The Labute approximate surface area is 651 Å². The standard InChI is InChI=1S/C57H38N4OSi.C45H28N4O/c1-6-18-39(19-7-1)55-58-56(40-20-8-2-9-21-40)60-57(59-55)41-30-32-42(33-31-41)61-51-37-34-46(38-50(51)48-35-36-49-47-28-16-17-29-52(47)62-54(49)53(48)61)63(43-22-10-3-11-23-43,44-24-12-4-13-25-44)45-26-14-5-15-27-45;1-4-12-29(13-5-1)33-22-27-39-38(28-33)36-25-26-37-35-18-10-11-19-40(35)50-42(37)41(36)49(39)34-23-20-32(21-24-34)45-47-43(30-14-6-2-7-15-30)46-44(48-45)31-16-8-3-9-17-31/h1-38H;1-28H. The lowest BCUT2D eigenvalue weighted by Gasteiger charge is -2.34. The van der Waals surface area contributed by atoms with Crippen LogP contribution >= 0.6 is 0 Å². The lowest BCUT2D eigenvalue weighted by molar-refractivity contribution is 0.670. The largest absolute Gasteiger partial charge is 0.454 e. The molecule has 0 aliphatic heterocycles. The second-order valence-electron chi connectivity index (χ2n) is 28.4. The van der Waals surface area contributed by atoms with Crippen molar-refractivity contribution < 1.29 is 8.83 Å². The van der Waals surface area contributed by atoms with Crippen molar-refractivity contribution in [3.63, 3.8) is 0 Å². The third-order valence-electron chi connectivity index (χ3n) is 21.9. The van der Waals surface area contributed by atoms with E-state index >= 15 is 0 Å². The molecule has 0 bridgehead atoms. The van der Waals surface area contributed by atoms with E-state index in [-0.39, 0.29) is 0 Å². The minimum Gasteiger partial charge on any atom is -0.454 e. The van der Waals surface area contributed by atoms with Gasteiger partial charge in [0.25, 0.3) is 0 Å². The minimum atomic E-state index is -2.81. The fourth-order valence-corrected chi connectivity index (χ4v) is 21.4. The first kappa shape index (κ1) is 66.2. The van der Waals surface area contributed by atoms with Crippen molar-refractivity contribution in [3.8, 4) is 90.8 Å². The van der Waals surface area contributed by atoms with Gasteiger partial charge in [-0.15, -0.1) is 0 Å². The van der Waals surface area contributed by atoms with Crippen LogP contribution in [0, 0.1) is 0 Å². The summed E-state index contributed by atoms with van der Waals surface area (Å²) in [6, 6.07) is 141. The van der Waals surface area contributed by atoms with Crippen LogP contribution in [0.3, 0.4) is 0 Å². The zero-order valence-electron chi connectivity index (χ0n) is 61.0. The molecular weight excluding hydrogens is 1400 g/mol. The summed E-state index contributed by atoms with van der Waals surface area (Å²) in [6.07, 6.45) is 0. The van der Waals surface area contributed by atoms with Crippen LogP contribution in [0.2, 0.25) is 0 Å². The van der Waals surface area contributed by atoms with Gasteiger partial charge in [0, 0.05) is 87.8 Å². The summed E-state index contributed by atoms with van der Waals surface area (Å²) >= 11 is 0. The predicted octanol–water partition coefficient (Wildman–Crippen LogP) is 22.8. The molecule has 0 amide bonds. The summed E-state index contributed by atoms with van der Waals surface area (Å²) < 4.78 is 18.2. The zero-order valence-corrected chi connectivity index (χ0v) is 62.0. The molecule has 0 saturated heterocycles. The second kappa shape index (κ2) is 27.9. The van der Waals surface area contributed by atoms with Crippen molar-refractivity contribution in [1.82, 2.24) is 39.0 Å². The maximum Gasteiger partial charge on any atom is 0.179 e. The Morgan fingerprint density at radius 1 is 0.195 bits per heavy atom. The molecule has 0 unspecified atom stereocenters. The first-order valence-corrected chi connectivity index (χ1v) is 40.0. The number of para-hydroxylation sites is 2. The van der Waals surface area contributed by atoms with Crippen LogP contribution in [0.15, 0.2) is 409 Å². The molecule has 22 aromatic rings. The topological polar surface area (TPSA) is 113 Å². The van der Waals surface area contributed by atoms with Gasteiger partial charge >= 0.3 is 0 Å². The molecule has 0 aliphatic rings. The molecule has 6 aromatic heterocycles. The molecule has 11 heteroatoms. The lowest BCUT2D eigenvalue weighted by Crippen LogP contribution is -2.74. The van der Waals surface area contributed by atoms with Crippen molar-refractivity contribution in [2.75, 3.05) is 0 Å². The molecule has 16 aromatic carbocycles. The number of hydrogen-bond donors (Lipinski definition) is 0. The molecule has 0 radical (unpaired) electrons. The van der Waals surface area contributed by atoms with E-state index in [9.17, 15) is 0 Å². The summed E-state index contributed by atoms with van der Waals surface area (Å²) in [5.74, 6) is 3.79. The van der Waals surface area contributed by atoms with Crippen molar-refractivity contribution in [2.24, 2.45) is 0 Å². The Kier molecular flexibility index (Phi) is 16.3. The number of furan rings is 2. The Morgan fingerprint density at radius 3 is 0.841 bits per heavy atom. The van der Waals surface area contributed by atoms with Gasteiger partial charge in [-0.1, -0.05) is 309 Å². The van der Waals surface area contributed by atoms with Crippen LogP contribution in [0.25, 0.3) is 178 Å². The number of rotatable bonds is 13. The highest BCUT2D eigenvalue weighted by molar-refractivity contribution is 7.20. The summed E-state index contributed by atoms with van der Waals surface area (Å²) in [5, 5.41) is 14.4. The molecule has 530 valence electrons. The molecule has 113 heavy (non-hydrogen) atoms. The lowest BCUT2D eigenvalue weighted by atomic mass is 10.0. The normalized spacial score (nSPS) is 11.7. The Hall–Kier alpha value is -15.0. The van der Waals surface area contributed by atoms with E-state index in [0.29, 0.717) is 34.9 Å². The Morgan fingerprint density at radius 2 is 0.478 bits per heavy atom. The molecule has 0 fully saturated rings. The molecule has 22 rings (SSSR count). The van der Waals surface area contributed by atoms with E-state index in [0.717, 1.165) is 121 Å². The predicted molar refractivity (Wildman–Crippen MR) is 465 cm³/mol. The summed E-state index contributed by atoms with van der Waals surface area (Å²) in [6.45, 7) is 0. The molecular formula is C102H66N8O2Si. The highest BCUT2D eigenvalue weighted by atomic mass is 28.3. The van der Waals surface area contributed by atoms with Crippen molar-refractivity contribution in [2.45, 2.75) is 0 Å². The molecule has 0 spiro atoms. The Bertz CT molecular complexity index is 7100. The fourth-order valence-electron chi connectivity index (χ4n) is 16.6. The van der Waals surface area contributed by atoms with Crippen molar-refractivity contribution in [3.05, 3.63) is 400 Å². The van der Waals surface area contributed by atoms with Gasteiger partial charge in [0.05, 0.1) is 22.1 Å². The maximum atomic E-state index is 6.83. The van der Waals surface area contributed by atoms with E-state index < -0.39 is 8.07 Å². The van der Waals surface area contributed by atoms with Crippen LogP contribution < -0.4 is 20.7 Å². The number of nitrogens with zero attached hydrogens (tertiary/aromatic N) is 8. The zero-order chi connectivity index (χ0) is 74.8. The van der Waals surface area contributed by atoms with Gasteiger partial charge in [-0.05, 0) is 123 Å². The van der Waals surface area contributed by atoms with E-state index in [1.807, 2.05) is 140 Å². The highest BCUT2D eigenvalue weighted by Crippen LogP contribution is 2.44. The van der Waals surface area contributed by atoms with Crippen LogP contribution in [-0.2, 0) is 0 Å². The average Bonchev–Trinajstić information content (AvgIpc) is 1.61. The summed E-state index contributed by atoms with van der Waals surface area (Å²) in [4.78, 5) is 29.7. The Balaban J connectivity index is 0.000000146. The summed E-state index contributed by atoms with van der Waals surface area (Å²) in [5.41, 5.74) is 17.8. The third kappa shape index (κ3) is 11.6. The van der Waals surface area contributed by atoms with E-state index in [1.54, 1.807) is 0 Å². The average molecular weight is 1460 g/mol. The quantitative estimate of drug-likeness (QED) is 0.0828. The van der Waals surface area contributed by atoms with Gasteiger partial charge in [-0.3, -0.25) is 0 Å². The number of fused-ring (bicyclic) bond motifs is 14. The van der Waals surface area contributed by atoms with E-state index in [4.69, 9.17) is 38.7 Å². The second-order valence-corrected chi connectivity index (χ2v) is 32.2. The first-order chi connectivity index (χ1) is 56.0. The van der Waals surface area contributed by atoms with Gasteiger partial charge in [0.2, 0.25) is 0 Å². The number of benzene rings is 16. The van der Waals surface area contributed by atoms with Crippen LogP contribution in [0.4, 0.5) is 0 Å². The van der Waals surface area contributed by atoms with E-state index in [2.05, 4.69) is 270 Å². The monoisotopic (exact) mass is 1460 g/mol. The van der Waals surface area contributed by atoms with Gasteiger partial charge < -0.3 is 18.0 Å². The molecule has 10 nitrogen and oxygen atoms in total. The first-order valence-electron chi connectivity index (χ1n) is 38.0. The van der Waals surface area contributed by atoms with E-state index in [1.165, 1.54) is 42.6 Å². The van der Waals surface area contributed by atoms with Gasteiger partial charge in [-0.2, -0.15) is 0 Å². The summed E-state index contributed by atoms with van der Waals surface area (Å²) in [7, 11) is -2.81. The fraction of sp³-hybridized carbons (Fsp3) is 0. The molecule has 0 aliphatic carbocycles. The van der Waals surface area contributed by atoms with Crippen LogP contribution in [0.1, 0.15) is 0 Å². The van der Waals surface area contributed by atoms with Crippen molar-refractivity contribution >= 4 is 116 Å². The molecule has 0 saturated carbocycles. The van der Waals surface area contributed by atoms with Crippen molar-refractivity contribution in [1.29, 1.82) is 0 Å². The molecule has 0 atom stereocenters. The molecule has 6 heterocycles. The third-order valence-corrected chi connectivity index (χ3v) is 26.6. The highest BCUT2D eigenvalue weighted by Gasteiger charge is 2.42. The van der Waals surface area contributed by atoms with Gasteiger partial charge in [-0.25, -0.2) is 29.9 Å². The van der Waals surface area contributed by atoms with Gasteiger partial charge in [0.15, 0.2) is 54.2 Å². The van der Waals surface area contributed by atoms with Gasteiger partial charge in [0.1, 0.15) is 11.2 Å².